The van der Waals surface area contributed by atoms with E-state index in [1.165, 1.54) is 18.2 Å². The first-order valence-corrected chi connectivity index (χ1v) is 4.03. The average molecular weight is 194 g/mol. The zero-order valence-electron chi connectivity index (χ0n) is 7.30. The van der Waals surface area contributed by atoms with Gasteiger partial charge in [0.25, 0.3) is 5.69 Å². The molecule has 1 rings (SSSR count). The lowest BCUT2D eigenvalue weighted by Crippen LogP contribution is -1.96. The third-order valence-corrected chi connectivity index (χ3v) is 1.74. The second-order valence-electron chi connectivity index (χ2n) is 2.80. The second-order valence-corrected chi connectivity index (χ2v) is 2.80. The Hall–Kier alpha value is -1.91. The van der Waals surface area contributed by atoms with Crippen molar-refractivity contribution in [1.29, 1.82) is 0 Å². The van der Waals surface area contributed by atoms with Crippen LogP contribution in [-0.4, -0.2) is 10.9 Å². The molecule has 0 saturated heterocycles. The van der Waals surface area contributed by atoms with Crippen LogP contribution in [0.4, 0.5) is 5.69 Å². The van der Waals surface area contributed by atoms with Crippen LogP contribution in [0.5, 0.6) is 0 Å². The Balaban J connectivity index is 2.73. The minimum Gasteiger partial charge on any atom is -0.258 e. The smallest absolute Gasteiger partial charge is 0.258 e. The Morgan fingerprint density at radius 2 is 2.14 bits per heavy atom. The summed E-state index contributed by atoms with van der Waals surface area (Å²) in [5.74, 6) is -1.16. The van der Waals surface area contributed by atoms with Crippen molar-refractivity contribution in [3.05, 3.63) is 39.9 Å². The Morgan fingerprint density at radius 3 is 2.71 bits per heavy atom. The highest BCUT2D eigenvalue weighted by Crippen LogP contribution is 2.14. The van der Waals surface area contributed by atoms with Gasteiger partial charge in [0.1, 0.15) is 0 Å². The molecule has 0 aliphatic carbocycles. The van der Waals surface area contributed by atoms with Gasteiger partial charge >= 0.3 is 5.97 Å². The summed E-state index contributed by atoms with van der Waals surface area (Å²) in [7, 11) is 0. The molecule has 0 unspecified atom stereocenters. The first-order chi connectivity index (χ1) is 6.59. The highest BCUT2D eigenvalue weighted by molar-refractivity contribution is 5.66. The summed E-state index contributed by atoms with van der Waals surface area (Å²) in [5.41, 5.74) is 0.601. The predicted octanol–water partition coefficient (Wildman–Crippen LogP) is 1.48. The van der Waals surface area contributed by atoms with E-state index >= 15 is 0 Å². The molecule has 0 fully saturated rings. The summed E-state index contributed by atoms with van der Waals surface area (Å²) in [6.07, 6.45) is 0.130. The average Bonchev–Trinajstić information content (AvgIpc) is 2.15. The molecule has 0 saturated carbocycles. The van der Waals surface area contributed by atoms with Crippen LogP contribution in [0.15, 0.2) is 24.3 Å². The molecule has 1 aromatic rings. The number of benzene rings is 1. The van der Waals surface area contributed by atoms with E-state index in [-0.39, 0.29) is 18.5 Å². The third-order valence-electron chi connectivity index (χ3n) is 1.74. The number of rotatable bonds is 4. The fourth-order valence-electron chi connectivity index (χ4n) is 1.07. The summed E-state index contributed by atoms with van der Waals surface area (Å²) in [6, 6.07) is 5.91. The van der Waals surface area contributed by atoms with E-state index in [0.29, 0.717) is 5.56 Å². The monoisotopic (exact) mass is 194 g/mol. The van der Waals surface area contributed by atoms with Crippen molar-refractivity contribution in [2.24, 2.45) is 0 Å². The lowest BCUT2D eigenvalue weighted by atomic mass is 10.1. The van der Waals surface area contributed by atoms with E-state index in [9.17, 15) is 20.0 Å². The number of hydrogen-bond donors (Lipinski definition) is 0. The second kappa shape index (κ2) is 4.36. The van der Waals surface area contributed by atoms with Crippen molar-refractivity contribution in [3.8, 4) is 0 Å². The molecule has 0 aliphatic heterocycles. The standard InChI is InChI=1S/C9H8NO4/c11-9(12)5-4-7-2-1-3-8(6-7)10(13)14/h1-3,6H,4-5H2. The van der Waals surface area contributed by atoms with Crippen LogP contribution in [0.25, 0.3) is 0 Å². The van der Waals surface area contributed by atoms with E-state index < -0.39 is 10.9 Å². The molecule has 0 bridgehead atoms. The predicted molar refractivity (Wildman–Crippen MR) is 47.1 cm³/mol. The first kappa shape index (κ1) is 10.2. The van der Waals surface area contributed by atoms with E-state index in [1.54, 1.807) is 6.07 Å². The normalized spacial score (nSPS) is 9.71. The maximum absolute atomic E-state index is 10.4. The van der Waals surface area contributed by atoms with Crippen LogP contribution in [-0.2, 0) is 16.3 Å². The van der Waals surface area contributed by atoms with Gasteiger partial charge in [0.05, 0.1) is 11.3 Å². The minimum atomic E-state index is -1.16. The van der Waals surface area contributed by atoms with Gasteiger partial charge in [-0.25, -0.2) is 9.90 Å². The van der Waals surface area contributed by atoms with Gasteiger partial charge in [-0.05, 0) is 12.0 Å². The summed E-state index contributed by atoms with van der Waals surface area (Å²) < 4.78 is 0. The molecule has 14 heavy (non-hydrogen) atoms. The van der Waals surface area contributed by atoms with E-state index in [4.69, 9.17) is 0 Å². The first-order valence-electron chi connectivity index (χ1n) is 4.03. The van der Waals surface area contributed by atoms with Crippen LogP contribution < -0.4 is 0 Å². The lowest BCUT2D eigenvalue weighted by Gasteiger charge is -1.97. The number of non-ortho nitro benzene ring substituents is 1. The number of nitro benzene ring substituents is 1. The molecule has 0 aromatic heterocycles. The number of aryl methyl sites for hydroxylation is 1. The van der Waals surface area contributed by atoms with Gasteiger partial charge in [-0.15, -0.1) is 0 Å². The molecule has 0 amide bonds. The number of carbonyl (C=O) groups excluding carboxylic acids is 1. The highest BCUT2D eigenvalue weighted by Gasteiger charge is 2.07. The third kappa shape index (κ3) is 2.85. The van der Waals surface area contributed by atoms with Gasteiger partial charge in [0.2, 0.25) is 0 Å². The van der Waals surface area contributed by atoms with E-state index in [2.05, 4.69) is 0 Å². The molecule has 5 nitrogen and oxygen atoms in total. The Morgan fingerprint density at radius 1 is 1.43 bits per heavy atom. The maximum Gasteiger partial charge on any atom is 0.355 e. The van der Waals surface area contributed by atoms with Crippen LogP contribution in [0.3, 0.4) is 0 Å². The SMILES string of the molecule is [O]C(=O)CCc1cccc([N+](=O)[O-])c1. The number of carbonyl (C=O) groups is 1. The van der Waals surface area contributed by atoms with Crippen LogP contribution in [0.2, 0.25) is 0 Å². The van der Waals surface area contributed by atoms with Gasteiger partial charge in [-0.2, -0.15) is 0 Å². The highest BCUT2D eigenvalue weighted by atomic mass is 16.6. The van der Waals surface area contributed by atoms with Crippen molar-refractivity contribution in [1.82, 2.24) is 0 Å². The molecule has 0 aliphatic rings. The molecule has 1 radical (unpaired) electrons. The number of nitro groups is 1. The van der Waals surface area contributed by atoms with Crippen LogP contribution in [0, 0.1) is 10.1 Å². The minimum absolute atomic E-state index is 0.0270. The van der Waals surface area contributed by atoms with Gasteiger partial charge in [0, 0.05) is 12.1 Å². The Labute approximate surface area is 80.1 Å². The van der Waals surface area contributed by atoms with Crippen molar-refractivity contribution >= 4 is 11.7 Å². The van der Waals surface area contributed by atoms with Crippen molar-refractivity contribution in [3.63, 3.8) is 0 Å². The largest absolute Gasteiger partial charge is 0.355 e. The molecule has 0 atom stereocenters. The van der Waals surface area contributed by atoms with Gasteiger partial charge < -0.3 is 0 Å². The maximum atomic E-state index is 10.4. The summed E-state index contributed by atoms with van der Waals surface area (Å²) in [4.78, 5) is 20.0. The van der Waals surface area contributed by atoms with Crippen molar-refractivity contribution in [2.45, 2.75) is 12.8 Å². The zero-order valence-corrected chi connectivity index (χ0v) is 7.30. The molecule has 5 heteroatoms. The number of nitrogens with zero attached hydrogens (tertiary/aromatic N) is 1. The number of hydrogen-bond acceptors (Lipinski definition) is 3. The van der Waals surface area contributed by atoms with Gasteiger partial charge in [-0.1, -0.05) is 12.1 Å². The van der Waals surface area contributed by atoms with Gasteiger partial charge in [-0.3, -0.25) is 10.1 Å². The quantitative estimate of drug-likeness (QED) is 0.537. The van der Waals surface area contributed by atoms with E-state index in [1.807, 2.05) is 0 Å². The van der Waals surface area contributed by atoms with E-state index in [0.717, 1.165) is 0 Å². The fraction of sp³-hybridized carbons (Fsp3) is 0.222. The van der Waals surface area contributed by atoms with Crippen LogP contribution >= 0.6 is 0 Å². The van der Waals surface area contributed by atoms with Gasteiger partial charge in [0.15, 0.2) is 0 Å². The molecular weight excluding hydrogens is 186 g/mol. The summed E-state index contributed by atoms with van der Waals surface area (Å²) in [5, 5.41) is 20.5. The summed E-state index contributed by atoms with van der Waals surface area (Å²) in [6.45, 7) is 0. The lowest BCUT2D eigenvalue weighted by molar-refractivity contribution is -0.384. The zero-order chi connectivity index (χ0) is 10.6. The molecule has 73 valence electrons. The van der Waals surface area contributed by atoms with Crippen molar-refractivity contribution in [2.75, 3.05) is 0 Å². The molecular formula is C9H8NO4. The Bertz CT molecular complexity index is 362. The Kier molecular flexibility index (Phi) is 3.17. The molecule has 0 N–H and O–H groups in total. The summed E-state index contributed by atoms with van der Waals surface area (Å²) >= 11 is 0. The topological polar surface area (TPSA) is 80.1 Å². The molecule has 0 spiro atoms. The van der Waals surface area contributed by atoms with Crippen molar-refractivity contribution < 1.29 is 14.8 Å². The van der Waals surface area contributed by atoms with Crippen LogP contribution in [0.1, 0.15) is 12.0 Å². The molecule has 1 aromatic carbocycles. The fourth-order valence-corrected chi connectivity index (χ4v) is 1.07. The molecule has 0 heterocycles.